The van der Waals surface area contributed by atoms with Crippen LogP contribution in [0.5, 0.6) is 0 Å². The molecule has 3 aromatic rings. The summed E-state index contributed by atoms with van der Waals surface area (Å²) in [6.45, 7) is -5.26. The maximum Gasteiger partial charge on any atom is 0.322 e. The first-order chi connectivity index (χ1) is 17.6. The molecule has 2 aliphatic heterocycles. The number of hydrogen-bond donors (Lipinski definition) is 2. The third kappa shape index (κ3) is 3.67. The minimum Gasteiger partial charge on any atom is -0.391 e. The first-order valence-electron chi connectivity index (χ1n) is 13.0. The third-order valence-electron chi connectivity index (χ3n) is 4.88. The van der Waals surface area contributed by atoms with Crippen molar-refractivity contribution in [2.45, 2.75) is 31.3 Å². The van der Waals surface area contributed by atoms with Gasteiger partial charge < -0.3 is 20.2 Å². The molecule has 2 saturated heterocycles. The highest BCUT2D eigenvalue weighted by Crippen LogP contribution is 2.37. The van der Waals surface area contributed by atoms with Crippen LogP contribution in [-0.2, 0) is 0 Å². The first kappa shape index (κ1) is 13.2. The van der Waals surface area contributed by atoms with Crippen LogP contribution >= 0.6 is 0 Å². The van der Waals surface area contributed by atoms with Gasteiger partial charge in [0.1, 0.15) is 23.1 Å². The van der Waals surface area contributed by atoms with E-state index in [2.05, 4.69) is 15.4 Å². The zero-order valence-electron chi connectivity index (χ0n) is 23.0. The van der Waals surface area contributed by atoms with Gasteiger partial charge in [0.2, 0.25) is 0 Å². The zero-order valence-corrected chi connectivity index (χ0v) is 16.0. The highest BCUT2D eigenvalue weighted by atomic mass is 19.1. The van der Waals surface area contributed by atoms with Gasteiger partial charge >= 0.3 is 6.03 Å². The molecule has 2 N–H and O–H groups in total. The average Bonchev–Trinajstić information content (AvgIpc) is 3.37. The predicted octanol–water partition coefficient (Wildman–Crippen LogP) is 2.95. The number of carbonyl (C=O) groups excluding carboxylic acids is 1. The normalized spacial score (nSPS) is 31.8. The maximum absolute atomic E-state index is 14.8. The van der Waals surface area contributed by atoms with E-state index >= 15 is 0 Å². The Bertz CT molecular complexity index is 1440. The minimum atomic E-state index is -2.70. The molecule has 8 nitrogen and oxygen atoms in total. The Morgan fingerprint density at radius 3 is 3.03 bits per heavy atom. The number of aliphatic hydroxyl groups is 1. The topological polar surface area (TPSA) is 86.0 Å². The molecule has 31 heavy (non-hydrogen) atoms. The van der Waals surface area contributed by atoms with Gasteiger partial charge in [-0.25, -0.2) is 23.1 Å². The van der Waals surface area contributed by atoms with Crippen molar-refractivity contribution in [2.75, 3.05) is 29.8 Å². The molecule has 0 bridgehead atoms. The monoisotopic (exact) mass is 435 g/mol. The van der Waals surface area contributed by atoms with E-state index in [-0.39, 0.29) is 35.0 Å². The van der Waals surface area contributed by atoms with E-state index in [0.29, 0.717) is 0 Å². The van der Waals surface area contributed by atoms with Gasteiger partial charge in [-0.05, 0) is 43.5 Å². The summed E-state index contributed by atoms with van der Waals surface area (Å²) in [4.78, 5) is 18.7. The number of β-amino-alcohol motifs (C(OH)–C–C–N with tert-alkyl or cyclic N) is 1. The van der Waals surface area contributed by atoms with E-state index in [4.69, 9.17) is 9.60 Å². The lowest BCUT2D eigenvalue weighted by molar-refractivity contribution is 0.176. The Balaban J connectivity index is 1.53. The molecule has 4 heterocycles. The van der Waals surface area contributed by atoms with Gasteiger partial charge in [-0.15, -0.1) is 0 Å². The fourth-order valence-corrected chi connectivity index (χ4v) is 3.46. The zero-order chi connectivity index (χ0) is 27.8. The van der Waals surface area contributed by atoms with Crippen LogP contribution < -0.4 is 10.2 Å². The number of urea groups is 1. The number of rotatable bonds is 3. The van der Waals surface area contributed by atoms with Gasteiger partial charge in [0, 0.05) is 36.8 Å². The number of anilines is 2. The Hall–Kier alpha value is -3.27. The van der Waals surface area contributed by atoms with E-state index in [1.54, 1.807) is 0 Å². The van der Waals surface area contributed by atoms with Crippen LogP contribution in [0.1, 0.15) is 40.4 Å². The number of aliphatic hydroxyl groups excluding tert-OH is 1. The number of nitrogens with zero attached hydrogens (tertiary/aromatic N) is 5. The number of amides is 2. The van der Waals surface area contributed by atoms with Crippen molar-refractivity contribution < 1.29 is 28.3 Å². The van der Waals surface area contributed by atoms with Crippen molar-refractivity contribution in [3.63, 3.8) is 0 Å². The van der Waals surface area contributed by atoms with Crippen molar-refractivity contribution in [2.24, 2.45) is 0 Å². The SMILES string of the molecule is [2H]C1([2H])CC(O)C([2H])([2H])N1C(=O)Nc1cnn2ccc(N3CCC([2H])([2H])[C@]3([2H])c3cc(F)ccc3F)nc12. The molecule has 2 aromatic heterocycles. The summed E-state index contributed by atoms with van der Waals surface area (Å²) in [5.41, 5.74) is -0.605. The molecule has 2 amide bonds. The van der Waals surface area contributed by atoms with Gasteiger partial charge in [-0.1, -0.05) is 0 Å². The minimum absolute atomic E-state index is 0.00390. The number of aromatic nitrogens is 3. The van der Waals surface area contributed by atoms with E-state index in [1.165, 1.54) is 27.9 Å². The number of benzene rings is 1. The molecule has 2 aliphatic rings. The summed E-state index contributed by atoms with van der Waals surface area (Å²) in [6, 6.07) is 0.253. The number of halogens is 2. The molecule has 0 radical (unpaired) electrons. The summed E-state index contributed by atoms with van der Waals surface area (Å²) in [5.74, 6) is -1.81. The number of carbonyl (C=O) groups is 1. The van der Waals surface area contributed by atoms with E-state index < -0.39 is 61.1 Å². The summed E-state index contributed by atoms with van der Waals surface area (Å²) < 4.78 is 87.7. The van der Waals surface area contributed by atoms with Crippen molar-refractivity contribution in [1.29, 1.82) is 0 Å². The van der Waals surface area contributed by atoms with Gasteiger partial charge in [0.15, 0.2) is 5.65 Å². The van der Waals surface area contributed by atoms with E-state index in [9.17, 15) is 18.7 Å². The smallest absolute Gasteiger partial charge is 0.322 e. The molecular weight excluding hydrogens is 406 g/mol. The van der Waals surface area contributed by atoms with E-state index in [1.807, 2.05) is 0 Å². The number of likely N-dealkylation sites (tertiary alicyclic amines) is 1. The maximum atomic E-state index is 14.8. The number of nitrogens with one attached hydrogen (secondary N) is 1. The fourth-order valence-electron chi connectivity index (χ4n) is 3.46. The van der Waals surface area contributed by atoms with Crippen molar-refractivity contribution in [1.82, 2.24) is 19.5 Å². The lowest BCUT2D eigenvalue weighted by Crippen LogP contribution is -2.33. The largest absolute Gasteiger partial charge is 0.391 e. The number of hydrogen-bond acceptors (Lipinski definition) is 5. The second kappa shape index (κ2) is 7.77. The van der Waals surface area contributed by atoms with Crippen LogP contribution in [0.25, 0.3) is 5.65 Å². The Labute approximate surface area is 186 Å². The molecule has 5 rings (SSSR count). The molecule has 1 aromatic carbocycles. The molecule has 162 valence electrons. The predicted molar refractivity (Wildman–Crippen MR) is 110 cm³/mol. The van der Waals surface area contributed by atoms with Crippen molar-refractivity contribution in [3.05, 3.63) is 53.9 Å². The second-order valence-corrected chi connectivity index (χ2v) is 6.94. The highest BCUT2D eigenvalue weighted by molar-refractivity contribution is 5.93. The van der Waals surface area contributed by atoms with Crippen LogP contribution in [0, 0.1) is 11.6 Å². The fraction of sp³-hybridized carbons (Fsp3) is 0.381. The van der Waals surface area contributed by atoms with Crippen LogP contribution in [0.3, 0.4) is 0 Å². The third-order valence-corrected chi connectivity index (χ3v) is 4.88. The van der Waals surface area contributed by atoms with Crippen molar-refractivity contribution >= 4 is 23.2 Å². The summed E-state index contributed by atoms with van der Waals surface area (Å²) in [6.07, 6.45) is -2.32. The molecule has 0 spiro atoms. The number of fused-ring (bicyclic) bond motifs is 1. The Morgan fingerprint density at radius 1 is 1.35 bits per heavy atom. The van der Waals surface area contributed by atoms with Gasteiger partial charge in [0.05, 0.1) is 22.4 Å². The average molecular weight is 435 g/mol. The first-order valence-corrected chi connectivity index (χ1v) is 9.46. The molecular formula is C21H22F2N6O2. The molecule has 2 fully saturated rings. The quantitative estimate of drug-likeness (QED) is 0.661. The van der Waals surface area contributed by atoms with E-state index in [0.717, 1.165) is 18.2 Å². The second-order valence-electron chi connectivity index (χ2n) is 6.94. The molecule has 0 aliphatic carbocycles. The summed E-state index contributed by atoms with van der Waals surface area (Å²) in [7, 11) is 0. The van der Waals surface area contributed by atoms with Gasteiger partial charge in [-0.3, -0.25) is 0 Å². The molecule has 10 heteroatoms. The van der Waals surface area contributed by atoms with Gasteiger partial charge in [0.25, 0.3) is 0 Å². The van der Waals surface area contributed by atoms with Crippen LogP contribution in [0.2, 0.25) is 0 Å². The Morgan fingerprint density at radius 2 is 2.23 bits per heavy atom. The van der Waals surface area contributed by atoms with Crippen LogP contribution in [0.15, 0.2) is 36.7 Å². The molecule has 1 unspecified atom stereocenters. The van der Waals surface area contributed by atoms with Crippen LogP contribution in [-0.4, -0.2) is 56.3 Å². The molecule has 2 atom stereocenters. The van der Waals surface area contributed by atoms with Gasteiger partial charge in [-0.2, -0.15) is 5.10 Å². The summed E-state index contributed by atoms with van der Waals surface area (Å²) >= 11 is 0. The lowest BCUT2D eigenvalue weighted by atomic mass is 10.0. The van der Waals surface area contributed by atoms with Crippen LogP contribution in [0.4, 0.5) is 25.1 Å². The van der Waals surface area contributed by atoms with Crippen molar-refractivity contribution in [3.8, 4) is 0 Å². The summed E-state index contributed by atoms with van der Waals surface area (Å²) in [5, 5.41) is 16.3. The lowest BCUT2D eigenvalue weighted by Gasteiger charge is -2.26. The standard InChI is InChI=1S/C21H22F2N6O2/c22-13-3-4-16(23)15(10-13)18-2-1-7-28(18)19-6-9-29-20(26-19)17(11-24-29)25-21(31)27-8-5-14(30)12-27/h3-4,6,9-11,14,18,30H,1-2,5,7-8,12H2,(H,25,31)/t14?,18-/m1/s1/i2D2,8D2,12D2,18D. The molecule has 0 saturated carbocycles. The highest BCUT2D eigenvalue weighted by Gasteiger charge is 2.30. The Kier molecular flexibility index (Phi) is 3.31.